The van der Waals surface area contributed by atoms with Crippen molar-refractivity contribution in [3.63, 3.8) is 0 Å². The highest BCUT2D eigenvalue weighted by molar-refractivity contribution is 9.11. The Hall–Kier alpha value is -0.880. The number of carbonyl (C=O) groups excluding carboxylic acids is 1. The Kier molecular flexibility index (Phi) is 5.64. The largest absolute Gasteiger partial charge is 0.481 e. The summed E-state index contributed by atoms with van der Waals surface area (Å²) in [5.41, 5.74) is 0.675. The first kappa shape index (κ1) is 14.2. The summed E-state index contributed by atoms with van der Waals surface area (Å²) < 4.78 is 1.69. The maximum atomic E-state index is 11.5. The Morgan fingerprint density at radius 2 is 1.94 bits per heavy atom. The molecule has 1 rings (SSSR count). The molecule has 0 aliphatic carbocycles. The van der Waals surface area contributed by atoms with Crippen LogP contribution in [0.5, 0.6) is 0 Å². The Morgan fingerprint density at radius 1 is 1.24 bits per heavy atom. The number of hydrogen-bond acceptors (Lipinski definition) is 2. The van der Waals surface area contributed by atoms with Gasteiger partial charge in [0.15, 0.2) is 0 Å². The zero-order chi connectivity index (χ0) is 12.8. The van der Waals surface area contributed by atoms with Crippen molar-refractivity contribution in [2.75, 3.05) is 5.32 Å². The molecule has 17 heavy (non-hydrogen) atoms. The molecule has 6 heteroatoms. The lowest BCUT2D eigenvalue weighted by molar-refractivity contribution is -0.137. The van der Waals surface area contributed by atoms with Gasteiger partial charge in [0, 0.05) is 21.8 Å². The van der Waals surface area contributed by atoms with Crippen LogP contribution < -0.4 is 5.32 Å². The molecule has 0 saturated carbocycles. The topological polar surface area (TPSA) is 66.4 Å². The Bertz CT molecular complexity index is 435. The number of amides is 1. The zero-order valence-electron chi connectivity index (χ0n) is 8.87. The van der Waals surface area contributed by atoms with E-state index in [1.54, 1.807) is 6.07 Å². The molecule has 92 valence electrons. The van der Waals surface area contributed by atoms with Gasteiger partial charge in [0.05, 0.1) is 5.69 Å². The van der Waals surface area contributed by atoms with Crippen LogP contribution in [0.3, 0.4) is 0 Å². The second-order valence-electron chi connectivity index (χ2n) is 3.42. The van der Waals surface area contributed by atoms with Crippen LogP contribution in [0.15, 0.2) is 27.1 Å². The summed E-state index contributed by atoms with van der Waals surface area (Å²) in [5.74, 6) is -1.07. The van der Waals surface area contributed by atoms with E-state index in [1.165, 1.54) is 0 Å². The summed E-state index contributed by atoms with van der Waals surface area (Å²) in [6, 6.07) is 5.41. The predicted octanol–water partition coefficient (Wildman–Crippen LogP) is 3.41. The fourth-order valence-corrected chi connectivity index (χ4v) is 2.35. The van der Waals surface area contributed by atoms with Gasteiger partial charge in [0.1, 0.15) is 0 Å². The highest BCUT2D eigenvalue weighted by atomic mass is 79.9. The summed E-state index contributed by atoms with van der Waals surface area (Å²) in [4.78, 5) is 21.8. The van der Waals surface area contributed by atoms with Gasteiger partial charge < -0.3 is 10.4 Å². The minimum Gasteiger partial charge on any atom is -0.481 e. The summed E-state index contributed by atoms with van der Waals surface area (Å²) >= 11 is 6.64. The number of aliphatic carboxylic acids is 1. The first-order valence-corrected chi connectivity index (χ1v) is 6.54. The molecular formula is C11H11Br2NO3. The van der Waals surface area contributed by atoms with E-state index in [0.717, 1.165) is 8.95 Å². The molecule has 0 saturated heterocycles. The zero-order valence-corrected chi connectivity index (χ0v) is 12.0. The number of nitrogens with one attached hydrogen (secondary N) is 1. The van der Waals surface area contributed by atoms with Crippen molar-refractivity contribution in [3.05, 3.63) is 27.1 Å². The van der Waals surface area contributed by atoms with Crippen LogP contribution in [-0.4, -0.2) is 17.0 Å². The lowest BCUT2D eigenvalue weighted by Crippen LogP contribution is -2.12. The molecule has 0 aromatic heterocycles. The normalized spacial score (nSPS) is 10.0. The number of carboxylic acid groups (broad SMARTS) is 1. The van der Waals surface area contributed by atoms with E-state index in [4.69, 9.17) is 5.11 Å². The molecule has 1 amide bonds. The highest BCUT2D eigenvalue weighted by Gasteiger charge is 2.07. The van der Waals surface area contributed by atoms with Crippen LogP contribution >= 0.6 is 31.9 Å². The van der Waals surface area contributed by atoms with E-state index < -0.39 is 5.97 Å². The monoisotopic (exact) mass is 363 g/mol. The molecule has 0 heterocycles. The van der Waals surface area contributed by atoms with Crippen LogP contribution in [0.4, 0.5) is 5.69 Å². The third-order valence-electron chi connectivity index (χ3n) is 2.00. The number of halogens is 2. The predicted molar refractivity (Wildman–Crippen MR) is 72.0 cm³/mol. The SMILES string of the molecule is O=C(O)CCCC(=O)Nc1ccc(Br)cc1Br. The van der Waals surface area contributed by atoms with E-state index >= 15 is 0 Å². The van der Waals surface area contributed by atoms with E-state index in [0.29, 0.717) is 12.1 Å². The van der Waals surface area contributed by atoms with Crippen molar-refractivity contribution < 1.29 is 14.7 Å². The Labute approximate surface area is 116 Å². The van der Waals surface area contributed by atoms with Gasteiger partial charge in [0.2, 0.25) is 5.91 Å². The van der Waals surface area contributed by atoms with Crippen molar-refractivity contribution in [1.82, 2.24) is 0 Å². The van der Waals surface area contributed by atoms with Crippen molar-refractivity contribution in [1.29, 1.82) is 0 Å². The number of carboxylic acids is 1. The van der Waals surface area contributed by atoms with Crippen LogP contribution in [0.1, 0.15) is 19.3 Å². The molecule has 1 aromatic carbocycles. The molecular weight excluding hydrogens is 354 g/mol. The average Bonchev–Trinajstić information content (AvgIpc) is 2.21. The van der Waals surface area contributed by atoms with Crippen molar-refractivity contribution in [2.45, 2.75) is 19.3 Å². The second kappa shape index (κ2) is 6.76. The van der Waals surface area contributed by atoms with Crippen LogP contribution in [0.2, 0.25) is 0 Å². The maximum Gasteiger partial charge on any atom is 0.303 e. The molecule has 0 radical (unpaired) electrons. The Balaban J connectivity index is 2.48. The summed E-state index contributed by atoms with van der Waals surface area (Å²) in [7, 11) is 0. The standard InChI is InChI=1S/C11H11Br2NO3/c12-7-4-5-9(8(13)6-7)14-10(15)2-1-3-11(16)17/h4-6H,1-3H2,(H,14,15)(H,16,17). The summed E-state index contributed by atoms with van der Waals surface area (Å²) in [6.07, 6.45) is 0.555. The minimum atomic E-state index is -0.886. The van der Waals surface area contributed by atoms with Crippen molar-refractivity contribution in [2.24, 2.45) is 0 Å². The van der Waals surface area contributed by atoms with Gasteiger partial charge in [-0.1, -0.05) is 15.9 Å². The lowest BCUT2D eigenvalue weighted by Gasteiger charge is -2.07. The van der Waals surface area contributed by atoms with Gasteiger partial charge in [-0.05, 0) is 40.5 Å². The molecule has 0 aliphatic heterocycles. The van der Waals surface area contributed by atoms with Gasteiger partial charge >= 0.3 is 5.97 Å². The first-order chi connectivity index (χ1) is 7.99. The second-order valence-corrected chi connectivity index (χ2v) is 5.19. The van der Waals surface area contributed by atoms with Gasteiger partial charge in [0.25, 0.3) is 0 Å². The molecule has 0 aliphatic rings. The number of rotatable bonds is 5. The fraction of sp³-hybridized carbons (Fsp3) is 0.273. The van der Waals surface area contributed by atoms with E-state index in [-0.39, 0.29) is 18.7 Å². The minimum absolute atomic E-state index is 0.00886. The van der Waals surface area contributed by atoms with Crippen LogP contribution in [0.25, 0.3) is 0 Å². The number of hydrogen-bond donors (Lipinski definition) is 2. The van der Waals surface area contributed by atoms with Gasteiger partial charge in [-0.3, -0.25) is 9.59 Å². The fourth-order valence-electron chi connectivity index (χ4n) is 1.20. The maximum absolute atomic E-state index is 11.5. The molecule has 0 spiro atoms. The first-order valence-electron chi connectivity index (χ1n) is 4.95. The quantitative estimate of drug-likeness (QED) is 0.841. The summed E-state index contributed by atoms with van der Waals surface area (Å²) in [5, 5.41) is 11.2. The number of carbonyl (C=O) groups is 2. The van der Waals surface area contributed by atoms with Crippen LogP contribution in [-0.2, 0) is 9.59 Å². The molecule has 0 unspecified atom stereocenters. The van der Waals surface area contributed by atoms with Gasteiger partial charge in [-0.25, -0.2) is 0 Å². The molecule has 0 fully saturated rings. The number of anilines is 1. The van der Waals surface area contributed by atoms with Crippen molar-refractivity contribution >= 4 is 49.4 Å². The molecule has 1 aromatic rings. The molecule has 4 nitrogen and oxygen atoms in total. The molecule has 0 atom stereocenters. The Morgan fingerprint density at radius 3 is 2.53 bits per heavy atom. The number of benzene rings is 1. The third-order valence-corrected chi connectivity index (χ3v) is 3.15. The van der Waals surface area contributed by atoms with E-state index in [1.807, 2.05) is 12.1 Å². The van der Waals surface area contributed by atoms with Gasteiger partial charge in [-0.2, -0.15) is 0 Å². The lowest BCUT2D eigenvalue weighted by atomic mass is 10.2. The molecule has 0 bridgehead atoms. The highest BCUT2D eigenvalue weighted by Crippen LogP contribution is 2.26. The third kappa shape index (κ3) is 5.32. The average molecular weight is 365 g/mol. The van der Waals surface area contributed by atoms with E-state index in [9.17, 15) is 9.59 Å². The molecule has 2 N–H and O–H groups in total. The van der Waals surface area contributed by atoms with Gasteiger partial charge in [-0.15, -0.1) is 0 Å². The van der Waals surface area contributed by atoms with E-state index in [2.05, 4.69) is 37.2 Å². The summed E-state index contributed by atoms with van der Waals surface area (Å²) in [6.45, 7) is 0. The smallest absolute Gasteiger partial charge is 0.303 e. The van der Waals surface area contributed by atoms with Crippen LogP contribution in [0, 0.1) is 0 Å². The van der Waals surface area contributed by atoms with Crippen molar-refractivity contribution in [3.8, 4) is 0 Å².